The van der Waals surface area contributed by atoms with Crippen molar-refractivity contribution in [1.29, 1.82) is 0 Å². The molecular weight excluding hydrogens is 468 g/mol. The molecule has 0 aromatic heterocycles. The fourth-order valence-corrected chi connectivity index (χ4v) is 9.70. The van der Waals surface area contributed by atoms with Gasteiger partial charge in [-0.2, -0.15) is 0 Å². The number of benzene rings is 4. The number of anilines is 4. The van der Waals surface area contributed by atoms with Gasteiger partial charge in [0.15, 0.2) is 8.07 Å². The summed E-state index contributed by atoms with van der Waals surface area (Å²) in [6, 6.07) is 36.8. The Balaban J connectivity index is 2.05. The summed E-state index contributed by atoms with van der Waals surface area (Å²) in [5.41, 5.74) is 4.84. The molecule has 0 saturated heterocycles. The van der Waals surface area contributed by atoms with Crippen LogP contribution in [0.25, 0.3) is 0 Å². The molecule has 4 aromatic rings. The predicted molar refractivity (Wildman–Crippen MR) is 167 cm³/mol. The van der Waals surface area contributed by atoms with Gasteiger partial charge in [-0.3, -0.25) is 0 Å². The van der Waals surface area contributed by atoms with Crippen molar-refractivity contribution in [2.45, 2.75) is 0 Å². The predicted octanol–water partition coefficient (Wildman–Crippen LogP) is 3.33. The molecular formula is C32H40N4Si. The third-order valence-corrected chi connectivity index (χ3v) is 12.1. The molecule has 0 N–H and O–H groups in total. The zero-order valence-electron chi connectivity index (χ0n) is 23.5. The third-order valence-electron chi connectivity index (χ3n) is 7.27. The van der Waals surface area contributed by atoms with E-state index >= 15 is 0 Å². The molecule has 0 atom stereocenters. The Morgan fingerprint density at radius 3 is 0.595 bits per heavy atom. The molecule has 0 fully saturated rings. The minimum atomic E-state index is -2.60. The van der Waals surface area contributed by atoms with Crippen LogP contribution in [0.1, 0.15) is 0 Å². The van der Waals surface area contributed by atoms with Gasteiger partial charge in [0.25, 0.3) is 0 Å². The molecule has 0 saturated carbocycles. The van der Waals surface area contributed by atoms with Gasteiger partial charge in [-0.15, -0.1) is 0 Å². The second-order valence-corrected chi connectivity index (χ2v) is 14.3. The molecule has 5 heteroatoms. The average molecular weight is 509 g/mol. The number of hydrogen-bond acceptors (Lipinski definition) is 4. The molecule has 4 nitrogen and oxygen atoms in total. The molecule has 0 aliphatic carbocycles. The molecule has 0 spiro atoms. The van der Waals surface area contributed by atoms with Gasteiger partial charge in [-0.05, 0) is 69.3 Å². The summed E-state index contributed by atoms with van der Waals surface area (Å²) < 4.78 is 0. The van der Waals surface area contributed by atoms with Crippen molar-refractivity contribution in [3.05, 3.63) is 97.1 Å². The summed E-state index contributed by atoms with van der Waals surface area (Å²) in [4.78, 5) is 8.65. The van der Waals surface area contributed by atoms with Crippen molar-refractivity contribution in [1.82, 2.24) is 0 Å². The van der Waals surface area contributed by atoms with E-state index in [4.69, 9.17) is 0 Å². The molecule has 4 aromatic carbocycles. The van der Waals surface area contributed by atoms with Crippen molar-refractivity contribution in [3.8, 4) is 0 Å². The smallest absolute Gasteiger partial charge is 0.179 e. The monoisotopic (exact) mass is 508 g/mol. The lowest BCUT2D eigenvalue weighted by atomic mass is 10.3. The van der Waals surface area contributed by atoms with Crippen LogP contribution in [-0.2, 0) is 0 Å². The molecule has 192 valence electrons. The fraction of sp³-hybridized carbons (Fsp3) is 0.250. The summed E-state index contributed by atoms with van der Waals surface area (Å²) in [6.07, 6.45) is 0. The molecule has 0 aliphatic heterocycles. The number of hydrogen-bond donors (Lipinski definition) is 0. The summed E-state index contributed by atoms with van der Waals surface area (Å²) in [5, 5.41) is 5.52. The van der Waals surface area contributed by atoms with E-state index in [2.05, 4.69) is 173 Å². The zero-order valence-corrected chi connectivity index (χ0v) is 24.5. The van der Waals surface area contributed by atoms with E-state index < -0.39 is 8.07 Å². The molecule has 0 bridgehead atoms. The van der Waals surface area contributed by atoms with Gasteiger partial charge < -0.3 is 19.6 Å². The Hall–Kier alpha value is -3.70. The fourth-order valence-electron chi connectivity index (χ4n) is 5.04. The largest absolute Gasteiger partial charge is 0.378 e. The van der Waals surface area contributed by atoms with Gasteiger partial charge in [0, 0.05) is 79.1 Å². The highest BCUT2D eigenvalue weighted by Gasteiger charge is 2.41. The van der Waals surface area contributed by atoms with Crippen molar-refractivity contribution in [3.63, 3.8) is 0 Å². The first-order valence-corrected chi connectivity index (χ1v) is 14.8. The average Bonchev–Trinajstić information content (AvgIpc) is 2.90. The normalized spacial score (nSPS) is 11.2. The maximum atomic E-state index is 2.35. The SMILES string of the molecule is CN(C)c1ccc([Si](c2ccc(N(C)C)cc2)(c2ccc(N(C)C)cc2)c2ccc(N(C)C)cc2)cc1. The van der Waals surface area contributed by atoms with Gasteiger partial charge in [0.1, 0.15) is 0 Å². The van der Waals surface area contributed by atoms with Gasteiger partial charge in [0.05, 0.1) is 0 Å². The van der Waals surface area contributed by atoms with Crippen LogP contribution in [0.15, 0.2) is 97.1 Å². The van der Waals surface area contributed by atoms with Crippen LogP contribution in [0.4, 0.5) is 22.7 Å². The molecule has 0 unspecified atom stereocenters. The lowest BCUT2D eigenvalue weighted by Gasteiger charge is -2.35. The van der Waals surface area contributed by atoms with E-state index in [1.54, 1.807) is 0 Å². The molecule has 0 heterocycles. The topological polar surface area (TPSA) is 13.0 Å². The molecule has 37 heavy (non-hydrogen) atoms. The van der Waals surface area contributed by atoms with Gasteiger partial charge in [0.2, 0.25) is 0 Å². The van der Waals surface area contributed by atoms with Crippen molar-refractivity contribution < 1.29 is 0 Å². The zero-order chi connectivity index (χ0) is 26.7. The van der Waals surface area contributed by atoms with E-state index in [-0.39, 0.29) is 0 Å². The first-order valence-electron chi connectivity index (χ1n) is 12.8. The maximum Gasteiger partial charge on any atom is 0.179 e. The van der Waals surface area contributed by atoms with Crippen molar-refractivity contribution >= 4 is 51.6 Å². The van der Waals surface area contributed by atoms with Crippen LogP contribution in [0.5, 0.6) is 0 Å². The van der Waals surface area contributed by atoms with E-state index in [0.717, 1.165) is 0 Å². The van der Waals surface area contributed by atoms with Crippen LogP contribution < -0.4 is 40.3 Å². The second kappa shape index (κ2) is 10.7. The summed E-state index contributed by atoms with van der Waals surface area (Å²) in [5.74, 6) is 0. The van der Waals surface area contributed by atoms with Crippen LogP contribution in [0.2, 0.25) is 0 Å². The third kappa shape index (κ3) is 5.09. The molecule has 4 rings (SSSR count). The lowest BCUT2D eigenvalue weighted by Crippen LogP contribution is -2.74. The van der Waals surface area contributed by atoms with E-state index in [1.807, 2.05) is 0 Å². The quantitative estimate of drug-likeness (QED) is 0.267. The summed E-state index contributed by atoms with van der Waals surface area (Å²) >= 11 is 0. The molecule has 0 aliphatic rings. The maximum absolute atomic E-state index is 2.60. The van der Waals surface area contributed by atoms with Gasteiger partial charge in [-0.25, -0.2) is 0 Å². The summed E-state index contributed by atoms with van der Waals surface area (Å²) in [7, 11) is 14.2. The minimum Gasteiger partial charge on any atom is -0.378 e. The van der Waals surface area contributed by atoms with Gasteiger partial charge in [-0.1, -0.05) is 48.5 Å². The highest BCUT2D eigenvalue weighted by Crippen LogP contribution is 2.19. The lowest BCUT2D eigenvalue weighted by molar-refractivity contribution is 1.13. The summed E-state index contributed by atoms with van der Waals surface area (Å²) in [6.45, 7) is 0. The minimum absolute atomic E-state index is 1.21. The standard InChI is InChI=1S/C32H40N4Si/c1-33(2)25-9-17-29(18-10-25)37(30-19-11-26(12-20-30)34(3)4,31-21-13-27(14-22-31)35(5)6)32-23-15-28(16-24-32)36(7)8/h9-24H,1-8H3. The Bertz CT molecular complexity index is 1080. The van der Waals surface area contributed by atoms with E-state index in [1.165, 1.54) is 43.5 Å². The van der Waals surface area contributed by atoms with E-state index in [0.29, 0.717) is 0 Å². The molecule has 0 amide bonds. The Labute approximate surface area is 224 Å². The van der Waals surface area contributed by atoms with Gasteiger partial charge >= 0.3 is 0 Å². The van der Waals surface area contributed by atoms with E-state index in [9.17, 15) is 0 Å². The Morgan fingerprint density at radius 1 is 0.297 bits per heavy atom. The van der Waals surface area contributed by atoms with Crippen LogP contribution in [-0.4, -0.2) is 64.5 Å². The highest BCUT2D eigenvalue weighted by atomic mass is 28.3. The van der Waals surface area contributed by atoms with Crippen LogP contribution in [0.3, 0.4) is 0 Å². The van der Waals surface area contributed by atoms with Crippen molar-refractivity contribution in [2.24, 2.45) is 0 Å². The van der Waals surface area contributed by atoms with Crippen LogP contribution >= 0.6 is 0 Å². The first-order chi connectivity index (χ1) is 17.6. The Kier molecular flexibility index (Phi) is 7.65. The highest BCUT2D eigenvalue weighted by molar-refractivity contribution is 7.19. The van der Waals surface area contributed by atoms with Crippen LogP contribution in [0, 0.1) is 0 Å². The first kappa shape index (κ1) is 26.4. The Morgan fingerprint density at radius 2 is 0.459 bits per heavy atom. The molecule has 0 radical (unpaired) electrons. The number of rotatable bonds is 8. The van der Waals surface area contributed by atoms with Crippen molar-refractivity contribution in [2.75, 3.05) is 76.0 Å². The number of nitrogens with zero attached hydrogens (tertiary/aromatic N) is 4. The second-order valence-electron chi connectivity index (χ2n) is 10.5.